The zero-order chi connectivity index (χ0) is 18.4. The summed E-state index contributed by atoms with van der Waals surface area (Å²) in [7, 11) is 0. The third-order valence-corrected chi connectivity index (χ3v) is 3.85. The first kappa shape index (κ1) is 17.4. The van der Waals surface area contributed by atoms with Crippen LogP contribution in [0.1, 0.15) is 21.5 Å². The Morgan fingerprint density at radius 1 is 0.962 bits per heavy atom. The number of ether oxygens (including phenoxy) is 1. The van der Waals surface area contributed by atoms with Crippen LogP contribution in [0.15, 0.2) is 73.1 Å². The van der Waals surface area contributed by atoms with Gasteiger partial charge in [-0.25, -0.2) is 4.79 Å². The number of halogens is 1. The molecule has 0 radical (unpaired) electrons. The molecule has 0 bridgehead atoms. The summed E-state index contributed by atoms with van der Waals surface area (Å²) in [6.07, 6.45) is 4.83. The minimum atomic E-state index is -0.449. The van der Waals surface area contributed by atoms with E-state index in [0.29, 0.717) is 21.9 Å². The Morgan fingerprint density at radius 2 is 1.62 bits per heavy atom. The Kier molecular flexibility index (Phi) is 5.43. The fourth-order valence-electron chi connectivity index (χ4n) is 2.26. The first-order chi connectivity index (χ1) is 12.7. The molecular weight excluding hydrogens is 348 g/mol. The van der Waals surface area contributed by atoms with E-state index in [2.05, 4.69) is 11.1 Å². The maximum absolute atomic E-state index is 12.0. The van der Waals surface area contributed by atoms with Gasteiger partial charge in [0, 0.05) is 17.4 Å². The fraction of sp³-hybridized carbons (Fsp3) is 0. The van der Waals surface area contributed by atoms with Gasteiger partial charge < -0.3 is 4.74 Å². The van der Waals surface area contributed by atoms with Crippen molar-refractivity contribution in [2.75, 3.05) is 0 Å². The summed E-state index contributed by atoms with van der Waals surface area (Å²) in [5.74, 6) is -0.0245. The van der Waals surface area contributed by atoms with Crippen molar-refractivity contribution in [3.05, 3.63) is 94.8 Å². The van der Waals surface area contributed by atoms with E-state index in [1.54, 1.807) is 66.7 Å². The molecule has 126 valence electrons. The third-order valence-electron chi connectivity index (χ3n) is 3.59. The van der Waals surface area contributed by atoms with Crippen molar-refractivity contribution in [1.29, 1.82) is 5.26 Å². The second kappa shape index (κ2) is 8.11. The van der Waals surface area contributed by atoms with Crippen molar-refractivity contribution in [3.8, 4) is 11.8 Å². The second-order valence-electron chi connectivity index (χ2n) is 5.37. The lowest BCUT2D eigenvalue weighted by Crippen LogP contribution is -2.08. The molecule has 0 saturated carbocycles. The zero-order valence-electron chi connectivity index (χ0n) is 13.6. The van der Waals surface area contributed by atoms with Crippen LogP contribution in [-0.4, -0.2) is 11.0 Å². The topological polar surface area (TPSA) is 63.0 Å². The van der Waals surface area contributed by atoms with Crippen LogP contribution in [0.5, 0.6) is 5.75 Å². The van der Waals surface area contributed by atoms with Gasteiger partial charge in [0.05, 0.1) is 17.2 Å². The highest BCUT2D eigenvalue weighted by molar-refractivity contribution is 6.30. The molecule has 0 N–H and O–H groups in total. The van der Waals surface area contributed by atoms with E-state index < -0.39 is 5.97 Å². The van der Waals surface area contributed by atoms with Gasteiger partial charge in [-0.15, -0.1) is 0 Å². The number of carbonyl (C=O) groups is 1. The van der Waals surface area contributed by atoms with Crippen LogP contribution in [0.25, 0.3) is 11.6 Å². The lowest BCUT2D eigenvalue weighted by Gasteiger charge is -2.05. The van der Waals surface area contributed by atoms with Gasteiger partial charge >= 0.3 is 5.97 Å². The summed E-state index contributed by atoms with van der Waals surface area (Å²) in [6, 6.07) is 19.3. The van der Waals surface area contributed by atoms with Crippen LogP contribution < -0.4 is 4.74 Å². The molecule has 0 saturated heterocycles. The molecule has 1 heterocycles. The van der Waals surface area contributed by atoms with Gasteiger partial charge in [0.15, 0.2) is 0 Å². The molecule has 0 amide bonds. The Bertz CT molecular complexity index is 973. The molecular formula is C21H13ClN2O2. The summed E-state index contributed by atoms with van der Waals surface area (Å²) < 4.78 is 5.32. The molecule has 0 aliphatic rings. The number of carbonyl (C=O) groups excluding carboxylic acids is 1. The summed E-state index contributed by atoms with van der Waals surface area (Å²) in [6.45, 7) is 0. The molecule has 0 aliphatic carbocycles. The normalized spacial score (nSPS) is 10.8. The fourth-order valence-corrected chi connectivity index (χ4v) is 2.39. The molecule has 2 aromatic carbocycles. The largest absolute Gasteiger partial charge is 0.423 e. The average molecular weight is 361 g/mol. The van der Waals surface area contributed by atoms with Crippen LogP contribution in [0.4, 0.5) is 0 Å². The molecule has 0 atom stereocenters. The molecule has 1 aromatic heterocycles. The maximum atomic E-state index is 12.0. The number of aromatic nitrogens is 1. The van der Waals surface area contributed by atoms with Gasteiger partial charge in [-0.3, -0.25) is 4.98 Å². The number of benzene rings is 2. The standard InChI is InChI=1S/C21H13ClN2O2/c22-19-5-3-16(4-6-19)18(14-23)13-15-1-7-20(8-2-15)26-21(25)17-9-11-24-12-10-17/h1-13H/b18-13-. The van der Waals surface area contributed by atoms with E-state index in [9.17, 15) is 10.1 Å². The quantitative estimate of drug-likeness (QED) is 0.283. The van der Waals surface area contributed by atoms with Crippen molar-refractivity contribution in [1.82, 2.24) is 4.98 Å². The smallest absolute Gasteiger partial charge is 0.343 e. The first-order valence-electron chi connectivity index (χ1n) is 7.76. The summed E-state index contributed by atoms with van der Waals surface area (Å²) >= 11 is 5.88. The zero-order valence-corrected chi connectivity index (χ0v) is 14.4. The first-order valence-corrected chi connectivity index (χ1v) is 8.13. The van der Waals surface area contributed by atoms with E-state index in [0.717, 1.165) is 11.1 Å². The van der Waals surface area contributed by atoms with E-state index in [-0.39, 0.29) is 0 Å². The van der Waals surface area contributed by atoms with Crippen LogP contribution in [0.3, 0.4) is 0 Å². The lowest BCUT2D eigenvalue weighted by atomic mass is 10.0. The Balaban J connectivity index is 1.75. The summed E-state index contributed by atoms with van der Waals surface area (Å²) in [5, 5.41) is 10.0. The van der Waals surface area contributed by atoms with Crippen LogP contribution >= 0.6 is 11.6 Å². The summed E-state index contributed by atoms with van der Waals surface area (Å²) in [4.78, 5) is 15.9. The van der Waals surface area contributed by atoms with Gasteiger partial charge in [-0.2, -0.15) is 5.26 Å². The van der Waals surface area contributed by atoms with Gasteiger partial charge in [-0.05, 0) is 53.6 Å². The number of nitrogens with zero attached hydrogens (tertiary/aromatic N) is 2. The van der Waals surface area contributed by atoms with Crippen molar-refractivity contribution >= 4 is 29.2 Å². The molecule has 0 aliphatic heterocycles. The SMILES string of the molecule is N#C/C(=C/c1ccc(OC(=O)c2ccncc2)cc1)c1ccc(Cl)cc1. The number of rotatable bonds is 4. The maximum Gasteiger partial charge on any atom is 0.343 e. The molecule has 5 heteroatoms. The molecule has 3 aromatic rings. The molecule has 0 spiro atoms. The summed E-state index contributed by atoms with van der Waals surface area (Å²) in [5.41, 5.74) is 2.55. The Morgan fingerprint density at radius 3 is 2.23 bits per heavy atom. The van der Waals surface area contributed by atoms with Gasteiger partial charge in [0.25, 0.3) is 0 Å². The van der Waals surface area contributed by atoms with Crippen molar-refractivity contribution in [2.45, 2.75) is 0 Å². The second-order valence-corrected chi connectivity index (χ2v) is 5.81. The van der Waals surface area contributed by atoms with Crippen molar-refractivity contribution in [3.63, 3.8) is 0 Å². The third kappa shape index (κ3) is 4.35. The minimum absolute atomic E-state index is 0.425. The highest BCUT2D eigenvalue weighted by Crippen LogP contribution is 2.21. The van der Waals surface area contributed by atoms with E-state index in [1.807, 2.05) is 0 Å². The highest BCUT2D eigenvalue weighted by Gasteiger charge is 2.08. The van der Waals surface area contributed by atoms with Crippen molar-refractivity contribution < 1.29 is 9.53 Å². The monoisotopic (exact) mass is 360 g/mol. The molecule has 26 heavy (non-hydrogen) atoms. The van der Waals surface area contributed by atoms with Gasteiger partial charge in [0.2, 0.25) is 0 Å². The number of allylic oxidation sites excluding steroid dienone is 1. The van der Waals surface area contributed by atoms with E-state index >= 15 is 0 Å². The Hall–Kier alpha value is -3.42. The predicted octanol–water partition coefficient (Wildman–Crippen LogP) is 5.02. The molecule has 3 rings (SSSR count). The van der Waals surface area contributed by atoms with Crippen LogP contribution in [0, 0.1) is 11.3 Å². The number of hydrogen-bond acceptors (Lipinski definition) is 4. The molecule has 4 nitrogen and oxygen atoms in total. The van der Waals surface area contributed by atoms with Crippen LogP contribution in [0.2, 0.25) is 5.02 Å². The number of nitriles is 1. The van der Waals surface area contributed by atoms with Crippen LogP contribution in [-0.2, 0) is 0 Å². The van der Waals surface area contributed by atoms with Gasteiger partial charge in [0.1, 0.15) is 5.75 Å². The number of pyridine rings is 1. The number of hydrogen-bond donors (Lipinski definition) is 0. The lowest BCUT2D eigenvalue weighted by molar-refractivity contribution is 0.0734. The molecule has 0 unspecified atom stereocenters. The highest BCUT2D eigenvalue weighted by atomic mass is 35.5. The minimum Gasteiger partial charge on any atom is -0.423 e. The molecule has 0 fully saturated rings. The Labute approximate surface area is 156 Å². The van der Waals surface area contributed by atoms with Gasteiger partial charge in [-0.1, -0.05) is 35.9 Å². The van der Waals surface area contributed by atoms with Crippen molar-refractivity contribution in [2.24, 2.45) is 0 Å². The van der Waals surface area contributed by atoms with E-state index in [4.69, 9.17) is 16.3 Å². The predicted molar refractivity (Wildman–Crippen MR) is 101 cm³/mol. The van der Waals surface area contributed by atoms with E-state index in [1.165, 1.54) is 12.4 Å². The average Bonchev–Trinajstić information content (AvgIpc) is 2.69. The number of esters is 1.